The maximum atomic E-state index is 11.9. The van der Waals surface area contributed by atoms with Crippen molar-refractivity contribution in [3.63, 3.8) is 0 Å². The Morgan fingerprint density at radius 1 is 1.26 bits per heavy atom. The number of nitrogens with zero attached hydrogens (tertiary/aromatic N) is 1. The minimum Gasteiger partial charge on any atom is -0.467 e. The van der Waals surface area contributed by atoms with Gasteiger partial charge in [-0.2, -0.15) is 0 Å². The highest BCUT2D eigenvalue weighted by Crippen LogP contribution is 2.21. The highest BCUT2D eigenvalue weighted by molar-refractivity contribution is 5.82. The summed E-state index contributed by atoms with van der Waals surface area (Å²) in [5, 5.41) is 0. The Balaban J connectivity index is 0.00000154. The molecule has 0 saturated carbocycles. The molecular formula is C13H26N2O4. The van der Waals surface area contributed by atoms with Crippen LogP contribution in [0, 0.1) is 0 Å². The standard InChI is InChI=1S/C11H20N2O4.C2H6/c1-11(2,3)17-10(15)13-6-7(12)5-8(13)9(14)16-4;1-2/h7-8H,5-6,12H2,1-4H3;1-2H3. The molecule has 0 aromatic carbocycles. The lowest BCUT2D eigenvalue weighted by Crippen LogP contribution is -2.44. The number of nitrogens with two attached hydrogens (primary N) is 1. The Morgan fingerprint density at radius 3 is 2.21 bits per heavy atom. The van der Waals surface area contributed by atoms with E-state index in [1.54, 1.807) is 20.8 Å². The van der Waals surface area contributed by atoms with E-state index < -0.39 is 23.7 Å². The molecule has 0 aromatic heterocycles. The smallest absolute Gasteiger partial charge is 0.411 e. The van der Waals surface area contributed by atoms with Gasteiger partial charge in [0.05, 0.1) is 7.11 Å². The Hall–Kier alpha value is -1.30. The minimum atomic E-state index is -0.634. The van der Waals surface area contributed by atoms with Crippen molar-refractivity contribution in [2.24, 2.45) is 5.73 Å². The van der Waals surface area contributed by atoms with Crippen LogP contribution in [0.25, 0.3) is 0 Å². The minimum absolute atomic E-state index is 0.216. The van der Waals surface area contributed by atoms with E-state index in [-0.39, 0.29) is 6.04 Å². The van der Waals surface area contributed by atoms with E-state index in [0.717, 1.165) is 0 Å². The van der Waals surface area contributed by atoms with Gasteiger partial charge in [-0.25, -0.2) is 9.59 Å². The van der Waals surface area contributed by atoms with Crippen LogP contribution in [-0.2, 0) is 14.3 Å². The van der Waals surface area contributed by atoms with E-state index in [2.05, 4.69) is 4.74 Å². The van der Waals surface area contributed by atoms with Crippen LogP contribution < -0.4 is 5.73 Å². The van der Waals surface area contributed by atoms with Crippen LogP contribution >= 0.6 is 0 Å². The molecule has 1 aliphatic rings. The van der Waals surface area contributed by atoms with Gasteiger partial charge in [-0.1, -0.05) is 13.8 Å². The molecule has 1 heterocycles. The molecule has 1 amide bonds. The van der Waals surface area contributed by atoms with Crippen LogP contribution in [0.4, 0.5) is 4.79 Å². The zero-order valence-corrected chi connectivity index (χ0v) is 12.7. The number of methoxy groups -OCH3 is 1. The number of ether oxygens (including phenoxy) is 2. The van der Waals surface area contributed by atoms with E-state index >= 15 is 0 Å². The van der Waals surface area contributed by atoms with E-state index in [4.69, 9.17) is 10.5 Å². The molecule has 0 spiro atoms. The Labute approximate surface area is 115 Å². The van der Waals surface area contributed by atoms with Gasteiger partial charge in [0, 0.05) is 12.6 Å². The van der Waals surface area contributed by atoms with Crippen molar-refractivity contribution in [1.82, 2.24) is 4.90 Å². The quantitative estimate of drug-likeness (QED) is 0.733. The first kappa shape index (κ1) is 17.7. The van der Waals surface area contributed by atoms with Crippen molar-refractivity contribution in [3.05, 3.63) is 0 Å². The normalized spacial score (nSPS) is 22.4. The first-order valence-corrected chi connectivity index (χ1v) is 6.57. The summed E-state index contributed by atoms with van der Waals surface area (Å²) < 4.78 is 9.87. The predicted octanol–water partition coefficient (Wildman–Crippen LogP) is 1.52. The number of rotatable bonds is 1. The summed E-state index contributed by atoms with van der Waals surface area (Å²) in [6, 6.07) is -0.850. The van der Waals surface area contributed by atoms with Crippen molar-refractivity contribution >= 4 is 12.1 Å². The zero-order valence-electron chi connectivity index (χ0n) is 12.7. The molecule has 1 fully saturated rings. The summed E-state index contributed by atoms with van der Waals surface area (Å²) in [6.45, 7) is 9.63. The summed E-state index contributed by atoms with van der Waals surface area (Å²) in [5.74, 6) is -0.455. The zero-order chi connectivity index (χ0) is 15.2. The lowest BCUT2D eigenvalue weighted by atomic mass is 10.2. The molecule has 0 aliphatic carbocycles. The largest absolute Gasteiger partial charge is 0.467 e. The third-order valence-electron chi connectivity index (χ3n) is 2.43. The molecule has 19 heavy (non-hydrogen) atoms. The molecule has 2 unspecified atom stereocenters. The topological polar surface area (TPSA) is 81.9 Å². The van der Waals surface area contributed by atoms with Gasteiger partial charge in [-0.05, 0) is 27.2 Å². The number of amides is 1. The number of carbonyl (C=O) groups is 2. The molecular weight excluding hydrogens is 248 g/mol. The average Bonchev–Trinajstić information content (AvgIpc) is 2.71. The van der Waals surface area contributed by atoms with Gasteiger partial charge in [-0.3, -0.25) is 4.90 Å². The maximum Gasteiger partial charge on any atom is 0.411 e. The highest BCUT2D eigenvalue weighted by Gasteiger charge is 2.40. The van der Waals surface area contributed by atoms with Gasteiger partial charge in [0.15, 0.2) is 0 Å². The Morgan fingerprint density at radius 2 is 1.79 bits per heavy atom. The van der Waals surface area contributed by atoms with E-state index in [1.807, 2.05) is 13.8 Å². The Bertz CT molecular complexity index is 312. The molecule has 112 valence electrons. The molecule has 0 aromatic rings. The lowest BCUT2D eigenvalue weighted by molar-refractivity contribution is -0.145. The fourth-order valence-electron chi connectivity index (χ4n) is 1.75. The molecule has 0 radical (unpaired) electrons. The van der Waals surface area contributed by atoms with Gasteiger partial charge < -0.3 is 15.2 Å². The molecule has 6 heteroatoms. The first-order chi connectivity index (χ1) is 8.74. The predicted molar refractivity (Wildman–Crippen MR) is 72.7 cm³/mol. The summed E-state index contributed by atoms with van der Waals surface area (Å²) in [5.41, 5.74) is 5.16. The molecule has 2 N–H and O–H groups in total. The third kappa shape index (κ3) is 5.46. The molecule has 2 atom stereocenters. The second kappa shape index (κ2) is 7.33. The van der Waals surface area contributed by atoms with Crippen molar-refractivity contribution in [2.45, 2.75) is 58.7 Å². The van der Waals surface area contributed by atoms with Crippen LogP contribution in [0.5, 0.6) is 0 Å². The van der Waals surface area contributed by atoms with Gasteiger partial charge in [0.1, 0.15) is 11.6 Å². The van der Waals surface area contributed by atoms with Crippen molar-refractivity contribution in [3.8, 4) is 0 Å². The van der Waals surface area contributed by atoms with Gasteiger partial charge in [0.25, 0.3) is 0 Å². The van der Waals surface area contributed by atoms with E-state index in [1.165, 1.54) is 12.0 Å². The van der Waals surface area contributed by atoms with Crippen molar-refractivity contribution in [1.29, 1.82) is 0 Å². The SMILES string of the molecule is CC.COC(=O)C1CC(N)CN1C(=O)OC(C)(C)C. The molecule has 1 saturated heterocycles. The lowest BCUT2D eigenvalue weighted by Gasteiger charge is -2.27. The second-order valence-electron chi connectivity index (χ2n) is 5.17. The van der Waals surface area contributed by atoms with E-state index in [0.29, 0.717) is 13.0 Å². The summed E-state index contributed by atoms with van der Waals surface area (Å²) in [6.07, 6.45) is -0.118. The van der Waals surface area contributed by atoms with Crippen LogP contribution in [0.2, 0.25) is 0 Å². The molecule has 1 rings (SSSR count). The van der Waals surface area contributed by atoms with Gasteiger partial charge in [-0.15, -0.1) is 0 Å². The monoisotopic (exact) mass is 274 g/mol. The average molecular weight is 274 g/mol. The third-order valence-corrected chi connectivity index (χ3v) is 2.43. The van der Waals surface area contributed by atoms with E-state index in [9.17, 15) is 9.59 Å². The van der Waals surface area contributed by atoms with Crippen molar-refractivity contribution < 1.29 is 19.1 Å². The number of hydrogen-bond acceptors (Lipinski definition) is 5. The first-order valence-electron chi connectivity index (χ1n) is 6.57. The maximum absolute atomic E-state index is 11.9. The fraction of sp³-hybridized carbons (Fsp3) is 0.846. The summed E-state index contributed by atoms with van der Waals surface area (Å²) >= 11 is 0. The number of hydrogen-bond donors (Lipinski definition) is 1. The highest BCUT2D eigenvalue weighted by atomic mass is 16.6. The second-order valence-corrected chi connectivity index (χ2v) is 5.17. The van der Waals surface area contributed by atoms with Crippen molar-refractivity contribution in [2.75, 3.05) is 13.7 Å². The number of esters is 1. The summed E-state index contributed by atoms with van der Waals surface area (Å²) in [7, 11) is 1.29. The fourth-order valence-corrected chi connectivity index (χ4v) is 1.75. The number of likely N-dealkylation sites (tertiary alicyclic amines) is 1. The Kier molecular flexibility index (Phi) is 6.83. The molecule has 1 aliphatic heterocycles. The molecule has 6 nitrogen and oxygen atoms in total. The van der Waals surface area contributed by atoms with Crippen LogP contribution in [0.15, 0.2) is 0 Å². The molecule has 0 bridgehead atoms. The van der Waals surface area contributed by atoms with Gasteiger partial charge >= 0.3 is 12.1 Å². The van der Waals surface area contributed by atoms with Gasteiger partial charge in [0.2, 0.25) is 0 Å². The summed E-state index contributed by atoms with van der Waals surface area (Å²) in [4.78, 5) is 24.7. The number of carbonyl (C=O) groups excluding carboxylic acids is 2. The van der Waals surface area contributed by atoms with Crippen LogP contribution in [-0.4, -0.2) is 48.3 Å². The van der Waals surface area contributed by atoms with Crippen LogP contribution in [0.1, 0.15) is 41.0 Å². The van der Waals surface area contributed by atoms with Crippen LogP contribution in [0.3, 0.4) is 0 Å².